The van der Waals surface area contributed by atoms with Gasteiger partial charge in [-0.05, 0) is 10.4 Å². The van der Waals surface area contributed by atoms with Crippen molar-refractivity contribution in [3.05, 3.63) is 5.89 Å². The second kappa shape index (κ2) is 5.78. The van der Waals surface area contributed by atoms with Gasteiger partial charge in [0.2, 0.25) is 17.0 Å². The molecule has 2 rings (SSSR count). The van der Waals surface area contributed by atoms with Gasteiger partial charge >= 0.3 is 6.01 Å². The van der Waals surface area contributed by atoms with Gasteiger partial charge in [0.05, 0.1) is 5.75 Å². The number of nitrogens with zero attached hydrogens (tertiary/aromatic N) is 6. The number of amides is 1. The Labute approximate surface area is 113 Å². The Kier molecular flexibility index (Phi) is 4.10. The van der Waals surface area contributed by atoms with Crippen molar-refractivity contribution in [3.8, 4) is 0 Å². The lowest BCUT2D eigenvalue weighted by Gasteiger charge is -1.99. The third-order valence-electron chi connectivity index (χ3n) is 2.09. The van der Waals surface area contributed by atoms with E-state index < -0.39 is 0 Å². The summed E-state index contributed by atoms with van der Waals surface area (Å²) in [6.07, 6.45) is 0. The average molecular weight is 283 g/mol. The van der Waals surface area contributed by atoms with Crippen molar-refractivity contribution in [2.75, 3.05) is 11.1 Å². The highest BCUT2D eigenvalue weighted by molar-refractivity contribution is 7.99. The Morgan fingerprint density at radius 2 is 2.21 bits per heavy atom. The number of thioether (sulfide) groups is 1. The van der Waals surface area contributed by atoms with Crippen LogP contribution in [-0.4, -0.2) is 42.1 Å². The summed E-state index contributed by atoms with van der Waals surface area (Å²) in [5, 5.41) is 21.5. The van der Waals surface area contributed by atoms with Gasteiger partial charge in [-0.3, -0.25) is 10.1 Å². The molecular formula is C9H13N7O2S. The molecule has 0 unspecified atom stereocenters. The highest BCUT2D eigenvalue weighted by atomic mass is 32.2. The van der Waals surface area contributed by atoms with E-state index >= 15 is 0 Å². The fourth-order valence-electron chi connectivity index (χ4n) is 1.15. The van der Waals surface area contributed by atoms with Gasteiger partial charge in [0, 0.05) is 13.0 Å². The quantitative estimate of drug-likeness (QED) is 0.787. The predicted octanol–water partition coefficient (Wildman–Crippen LogP) is 0.447. The number of anilines is 1. The van der Waals surface area contributed by atoms with Crippen LogP contribution in [0.2, 0.25) is 0 Å². The third-order valence-corrected chi connectivity index (χ3v) is 3.11. The molecule has 0 saturated heterocycles. The molecule has 0 aliphatic heterocycles. The van der Waals surface area contributed by atoms with Gasteiger partial charge in [-0.15, -0.1) is 10.2 Å². The molecule has 0 bridgehead atoms. The van der Waals surface area contributed by atoms with Gasteiger partial charge in [-0.1, -0.05) is 30.7 Å². The first kappa shape index (κ1) is 13.5. The first-order chi connectivity index (χ1) is 9.06. The van der Waals surface area contributed by atoms with E-state index in [0.717, 1.165) is 0 Å². The fraction of sp³-hybridized carbons (Fsp3) is 0.556. The van der Waals surface area contributed by atoms with Crippen LogP contribution in [0.1, 0.15) is 25.7 Å². The Bertz CT molecular complexity index is 564. The molecule has 0 atom stereocenters. The van der Waals surface area contributed by atoms with E-state index in [1.54, 1.807) is 7.05 Å². The van der Waals surface area contributed by atoms with Crippen LogP contribution >= 0.6 is 11.8 Å². The molecule has 0 aliphatic rings. The summed E-state index contributed by atoms with van der Waals surface area (Å²) in [7, 11) is 1.70. The normalized spacial score (nSPS) is 10.9. The third kappa shape index (κ3) is 3.50. The zero-order valence-corrected chi connectivity index (χ0v) is 11.5. The van der Waals surface area contributed by atoms with Crippen LogP contribution in [0.15, 0.2) is 9.57 Å². The molecule has 0 fully saturated rings. The molecular weight excluding hydrogens is 270 g/mol. The number of nitrogens with one attached hydrogen (secondary N) is 1. The molecule has 0 aromatic carbocycles. The maximum absolute atomic E-state index is 11.7. The Morgan fingerprint density at radius 1 is 1.42 bits per heavy atom. The molecule has 19 heavy (non-hydrogen) atoms. The second-order valence-electron chi connectivity index (χ2n) is 4.02. The van der Waals surface area contributed by atoms with Gasteiger partial charge in [0.1, 0.15) is 0 Å². The largest absolute Gasteiger partial charge is 0.408 e. The summed E-state index contributed by atoms with van der Waals surface area (Å²) in [5.41, 5.74) is 0. The van der Waals surface area contributed by atoms with Gasteiger partial charge < -0.3 is 4.42 Å². The number of carbonyl (C=O) groups excluding carboxylic acids is 1. The molecule has 9 nitrogen and oxygen atoms in total. The van der Waals surface area contributed by atoms with Crippen molar-refractivity contribution < 1.29 is 9.21 Å². The van der Waals surface area contributed by atoms with Crippen LogP contribution in [0.25, 0.3) is 0 Å². The summed E-state index contributed by atoms with van der Waals surface area (Å²) in [4.78, 5) is 11.7. The van der Waals surface area contributed by atoms with E-state index in [2.05, 4.69) is 31.0 Å². The van der Waals surface area contributed by atoms with E-state index in [1.165, 1.54) is 16.4 Å². The van der Waals surface area contributed by atoms with E-state index in [4.69, 9.17) is 4.42 Å². The lowest BCUT2D eigenvalue weighted by Crippen LogP contribution is -2.14. The average Bonchev–Trinajstić information content (AvgIpc) is 2.96. The maximum atomic E-state index is 11.7. The molecule has 0 radical (unpaired) electrons. The van der Waals surface area contributed by atoms with Crippen LogP contribution in [0.3, 0.4) is 0 Å². The van der Waals surface area contributed by atoms with E-state index in [1.807, 2.05) is 13.8 Å². The number of hydrogen-bond donors (Lipinski definition) is 1. The zero-order chi connectivity index (χ0) is 13.8. The summed E-state index contributed by atoms with van der Waals surface area (Å²) < 4.78 is 6.76. The monoisotopic (exact) mass is 283 g/mol. The molecule has 1 N–H and O–H groups in total. The van der Waals surface area contributed by atoms with Crippen molar-refractivity contribution in [1.29, 1.82) is 0 Å². The highest BCUT2D eigenvalue weighted by Crippen LogP contribution is 2.16. The van der Waals surface area contributed by atoms with Crippen LogP contribution in [0.5, 0.6) is 0 Å². The SMILES string of the molecule is CC(C)c1nnc(NC(=O)CSc2nnnn2C)o1. The second-order valence-corrected chi connectivity index (χ2v) is 4.96. The summed E-state index contributed by atoms with van der Waals surface area (Å²) >= 11 is 1.22. The number of carbonyl (C=O) groups is 1. The fourth-order valence-corrected chi connectivity index (χ4v) is 1.80. The molecule has 2 aromatic rings. The van der Waals surface area contributed by atoms with Gasteiger partial charge in [0.15, 0.2) is 0 Å². The Hall–Kier alpha value is -1.97. The highest BCUT2D eigenvalue weighted by Gasteiger charge is 2.13. The Balaban J connectivity index is 1.85. The molecule has 1 amide bonds. The number of hydrogen-bond acceptors (Lipinski definition) is 8. The van der Waals surface area contributed by atoms with Crippen LogP contribution < -0.4 is 5.32 Å². The molecule has 0 aliphatic carbocycles. The summed E-state index contributed by atoms with van der Waals surface area (Å²) in [5.74, 6) is 0.512. The summed E-state index contributed by atoms with van der Waals surface area (Å²) in [6.45, 7) is 3.85. The number of tetrazole rings is 1. The van der Waals surface area contributed by atoms with E-state index in [9.17, 15) is 4.79 Å². The van der Waals surface area contributed by atoms with Crippen LogP contribution in [0.4, 0.5) is 6.01 Å². The lowest BCUT2D eigenvalue weighted by atomic mass is 10.2. The van der Waals surface area contributed by atoms with Crippen molar-refractivity contribution in [3.63, 3.8) is 0 Å². The smallest absolute Gasteiger partial charge is 0.322 e. The molecule has 2 aromatic heterocycles. The minimum Gasteiger partial charge on any atom is -0.408 e. The topological polar surface area (TPSA) is 112 Å². The van der Waals surface area contributed by atoms with Crippen molar-refractivity contribution >= 4 is 23.7 Å². The van der Waals surface area contributed by atoms with Gasteiger partial charge in [0.25, 0.3) is 0 Å². The predicted molar refractivity (Wildman–Crippen MR) is 66.5 cm³/mol. The first-order valence-corrected chi connectivity index (χ1v) is 6.53. The van der Waals surface area contributed by atoms with Gasteiger partial charge in [-0.2, -0.15) is 0 Å². The van der Waals surface area contributed by atoms with Crippen molar-refractivity contribution in [1.82, 2.24) is 30.4 Å². The van der Waals surface area contributed by atoms with E-state index in [0.29, 0.717) is 11.0 Å². The van der Waals surface area contributed by atoms with Gasteiger partial charge in [-0.25, -0.2) is 4.68 Å². The van der Waals surface area contributed by atoms with Crippen LogP contribution in [-0.2, 0) is 11.8 Å². The minimum absolute atomic E-state index is 0.102. The number of rotatable bonds is 5. The minimum atomic E-state index is -0.257. The standard InChI is InChI=1S/C9H13N7O2S/c1-5(2)7-11-12-8(18-7)10-6(17)4-19-9-13-14-15-16(9)3/h5H,4H2,1-3H3,(H,10,12,17). The zero-order valence-electron chi connectivity index (χ0n) is 10.7. The van der Waals surface area contributed by atoms with E-state index in [-0.39, 0.29) is 23.6 Å². The molecule has 0 saturated carbocycles. The Morgan fingerprint density at radius 3 is 2.79 bits per heavy atom. The maximum Gasteiger partial charge on any atom is 0.322 e. The molecule has 10 heteroatoms. The number of aryl methyl sites for hydroxylation is 1. The number of aromatic nitrogens is 6. The molecule has 0 spiro atoms. The first-order valence-electron chi connectivity index (χ1n) is 5.54. The van der Waals surface area contributed by atoms with Crippen molar-refractivity contribution in [2.45, 2.75) is 24.9 Å². The summed E-state index contributed by atoms with van der Waals surface area (Å²) in [6, 6.07) is 0.102. The van der Waals surface area contributed by atoms with Crippen molar-refractivity contribution in [2.24, 2.45) is 7.05 Å². The lowest BCUT2D eigenvalue weighted by molar-refractivity contribution is -0.113. The molecule has 2 heterocycles. The van der Waals surface area contributed by atoms with Crippen LogP contribution in [0, 0.1) is 0 Å². The molecule has 102 valence electrons.